The van der Waals surface area contributed by atoms with Gasteiger partial charge < -0.3 is 15.4 Å². The molecular weight excluding hydrogens is 236 g/mol. The summed E-state index contributed by atoms with van der Waals surface area (Å²) in [6.45, 7) is 4.78. The Labute approximate surface area is 105 Å². The first kappa shape index (κ1) is 12.5. The Balaban J connectivity index is 1.83. The van der Waals surface area contributed by atoms with Crippen molar-refractivity contribution >= 4 is 17.2 Å². The molecule has 0 aliphatic carbocycles. The predicted molar refractivity (Wildman–Crippen MR) is 68.2 cm³/mol. The van der Waals surface area contributed by atoms with E-state index in [0.717, 1.165) is 13.0 Å². The van der Waals surface area contributed by atoms with E-state index >= 15 is 0 Å². The molecule has 1 saturated heterocycles. The van der Waals surface area contributed by atoms with Crippen LogP contribution in [0.5, 0.6) is 0 Å². The Hall–Kier alpha value is -0.910. The molecule has 2 N–H and O–H groups in total. The zero-order valence-corrected chi connectivity index (χ0v) is 10.8. The van der Waals surface area contributed by atoms with Gasteiger partial charge in [0.1, 0.15) is 6.10 Å². The number of morpholine rings is 1. The van der Waals surface area contributed by atoms with Crippen molar-refractivity contribution in [2.45, 2.75) is 26.0 Å². The number of thiophene rings is 1. The number of rotatable bonds is 4. The molecule has 0 aromatic carbocycles. The molecule has 1 aliphatic rings. The third-order valence-electron chi connectivity index (χ3n) is 2.86. The van der Waals surface area contributed by atoms with E-state index in [-0.39, 0.29) is 12.0 Å². The molecule has 5 heteroatoms. The predicted octanol–water partition coefficient (Wildman–Crippen LogP) is 0.915. The van der Waals surface area contributed by atoms with Gasteiger partial charge in [-0.05, 0) is 23.4 Å². The number of hydrogen-bond donors (Lipinski definition) is 2. The van der Waals surface area contributed by atoms with Crippen molar-refractivity contribution < 1.29 is 9.53 Å². The fourth-order valence-corrected chi connectivity index (χ4v) is 2.77. The average molecular weight is 254 g/mol. The van der Waals surface area contributed by atoms with Crippen molar-refractivity contribution in [3.63, 3.8) is 0 Å². The molecule has 17 heavy (non-hydrogen) atoms. The van der Waals surface area contributed by atoms with Crippen molar-refractivity contribution in [2.75, 3.05) is 19.7 Å². The summed E-state index contributed by atoms with van der Waals surface area (Å²) in [7, 11) is 0. The van der Waals surface area contributed by atoms with E-state index in [4.69, 9.17) is 4.74 Å². The molecule has 94 valence electrons. The maximum Gasteiger partial charge on any atom is 0.250 e. The van der Waals surface area contributed by atoms with Gasteiger partial charge in [-0.25, -0.2) is 0 Å². The monoisotopic (exact) mass is 254 g/mol. The molecule has 1 aliphatic heterocycles. The fraction of sp³-hybridized carbons (Fsp3) is 0.583. The molecule has 1 unspecified atom stereocenters. The molecule has 0 radical (unpaired) electrons. The van der Waals surface area contributed by atoms with E-state index in [9.17, 15) is 4.79 Å². The number of ether oxygens (including phenoxy) is 1. The van der Waals surface area contributed by atoms with Crippen LogP contribution in [0.3, 0.4) is 0 Å². The van der Waals surface area contributed by atoms with Crippen molar-refractivity contribution in [1.29, 1.82) is 0 Å². The highest BCUT2D eigenvalue weighted by atomic mass is 32.1. The molecule has 2 rings (SSSR count). The van der Waals surface area contributed by atoms with Gasteiger partial charge in [0.25, 0.3) is 5.91 Å². The third kappa shape index (κ3) is 3.28. The Bertz CT molecular complexity index is 372. The lowest BCUT2D eigenvalue weighted by molar-refractivity contribution is -0.134. The molecule has 0 saturated carbocycles. The van der Waals surface area contributed by atoms with Gasteiger partial charge in [0.15, 0.2) is 0 Å². The number of carbonyl (C=O) groups excluding carboxylic acids is 1. The standard InChI is InChI=1S/C12H18N2O2S/c1-2-9-3-6-17-11(9)8-14-12(15)10-7-13-4-5-16-10/h3,6,10,13H,2,4-5,7-8H2,1H3,(H,14,15). The van der Waals surface area contributed by atoms with Crippen LogP contribution in [0.1, 0.15) is 17.4 Å². The summed E-state index contributed by atoms with van der Waals surface area (Å²) in [6, 6.07) is 2.12. The quantitative estimate of drug-likeness (QED) is 0.840. The minimum atomic E-state index is -0.339. The third-order valence-corrected chi connectivity index (χ3v) is 3.83. The van der Waals surface area contributed by atoms with Crippen LogP contribution in [-0.2, 0) is 22.5 Å². The van der Waals surface area contributed by atoms with Gasteiger partial charge in [-0.2, -0.15) is 0 Å². The van der Waals surface area contributed by atoms with Crippen LogP contribution in [0.25, 0.3) is 0 Å². The SMILES string of the molecule is CCc1ccsc1CNC(=O)C1CNCCO1. The van der Waals surface area contributed by atoms with Gasteiger partial charge in [0, 0.05) is 18.0 Å². The Morgan fingerprint density at radius 1 is 1.71 bits per heavy atom. The number of nitrogens with one attached hydrogen (secondary N) is 2. The first-order valence-corrected chi connectivity index (χ1v) is 6.84. The fourth-order valence-electron chi connectivity index (χ4n) is 1.85. The van der Waals surface area contributed by atoms with Crippen molar-refractivity contribution in [2.24, 2.45) is 0 Å². The number of hydrogen-bond acceptors (Lipinski definition) is 4. The summed E-state index contributed by atoms with van der Waals surface area (Å²) in [6.07, 6.45) is 0.671. The molecule has 1 aromatic heterocycles. The first-order chi connectivity index (χ1) is 8.31. The first-order valence-electron chi connectivity index (χ1n) is 5.96. The van der Waals surface area contributed by atoms with Gasteiger partial charge in [-0.1, -0.05) is 6.92 Å². The van der Waals surface area contributed by atoms with Crippen LogP contribution in [0, 0.1) is 0 Å². The minimum Gasteiger partial charge on any atom is -0.366 e. The van der Waals surface area contributed by atoms with Crippen LogP contribution in [0.2, 0.25) is 0 Å². The van der Waals surface area contributed by atoms with Crippen LogP contribution in [0.4, 0.5) is 0 Å². The molecule has 0 spiro atoms. The molecule has 1 aromatic rings. The summed E-state index contributed by atoms with van der Waals surface area (Å²) >= 11 is 1.69. The molecule has 0 bridgehead atoms. The lowest BCUT2D eigenvalue weighted by Crippen LogP contribution is -2.47. The summed E-state index contributed by atoms with van der Waals surface area (Å²) in [5.41, 5.74) is 1.32. The number of carbonyl (C=O) groups is 1. The van der Waals surface area contributed by atoms with E-state index in [1.807, 2.05) is 0 Å². The van der Waals surface area contributed by atoms with Gasteiger partial charge in [0.2, 0.25) is 0 Å². The highest BCUT2D eigenvalue weighted by Gasteiger charge is 2.21. The van der Waals surface area contributed by atoms with Crippen molar-refractivity contribution in [3.8, 4) is 0 Å². The summed E-state index contributed by atoms with van der Waals surface area (Å²) in [5.74, 6) is -0.0207. The van der Waals surface area contributed by atoms with Crippen LogP contribution in [-0.4, -0.2) is 31.7 Å². The van der Waals surface area contributed by atoms with Crippen molar-refractivity contribution in [3.05, 3.63) is 21.9 Å². The highest BCUT2D eigenvalue weighted by Crippen LogP contribution is 2.16. The Morgan fingerprint density at radius 2 is 2.59 bits per heavy atom. The second-order valence-electron chi connectivity index (χ2n) is 4.00. The maximum atomic E-state index is 11.8. The second kappa shape index (κ2) is 6.14. The lowest BCUT2D eigenvalue weighted by atomic mass is 10.2. The normalized spacial score (nSPS) is 20.2. The van der Waals surface area contributed by atoms with E-state index in [1.165, 1.54) is 10.4 Å². The summed E-state index contributed by atoms with van der Waals surface area (Å²) in [4.78, 5) is 13.1. The lowest BCUT2D eigenvalue weighted by Gasteiger charge is -2.22. The van der Waals surface area contributed by atoms with Gasteiger partial charge >= 0.3 is 0 Å². The zero-order valence-electron chi connectivity index (χ0n) is 9.99. The van der Waals surface area contributed by atoms with E-state index in [0.29, 0.717) is 19.7 Å². The van der Waals surface area contributed by atoms with E-state index < -0.39 is 0 Å². The molecular formula is C12H18N2O2S. The summed E-state index contributed by atoms with van der Waals surface area (Å²) < 4.78 is 5.40. The number of amides is 1. The molecule has 1 atom stereocenters. The molecule has 1 fully saturated rings. The topological polar surface area (TPSA) is 50.4 Å². The molecule has 2 heterocycles. The highest BCUT2D eigenvalue weighted by molar-refractivity contribution is 7.10. The maximum absolute atomic E-state index is 11.8. The van der Waals surface area contributed by atoms with Crippen molar-refractivity contribution in [1.82, 2.24) is 10.6 Å². The largest absolute Gasteiger partial charge is 0.366 e. The van der Waals surface area contributed by atoms with Crippen LogP contribution < -0.4 is 10.6 Å². The Kier molecular flexibility index (Phi) is 4.53. The van der Waals surface area contributed by atoms with Crippen LogP contribution in [0.15, 0.2) is 11.4 Å². The summed E-state index contributed by atoms with van der Waals surface area (Å²) in [5, 5.41) is 8.15. The average Bonchev–Trinajstić information content (AvgIpc) is 2.84. The number of aryl methyl sites for hydroxylation is 1. The second-order valence-corrected chi connectivity index (χ2v) is 5.00. The zero-order chi connectivity index (χ0) is 12.1. The van der Waals surface area contributed by atoms with E-state index in [2.05, 4.69) is 29.0 Å². The smallest absolute Gasteiger partial charge is 0.250 e. The Morgan fingerprint density at radius 3 is 3.29 bits per heavy atom. The van der Waals surface area contributed by atoms with Gasteiger partial charge in [-0.3, -0.25) is 4.79 Å². The van der Waals surface area contributed by atoms with Gasteiger partial charge in [-0.15, -0.1) is 11.3 Å². The molecule has 4 nitrogen and oxygen atoms in total. The van der Waals surface area contributed by atoms with Gasteiger partial charge in [0.05, 0.1) is 13.2 Å². The van der Waals surface area contributed by atoms with E-state index in [1.54, 1.807) is 11.3 Å². The van der Waals surface area contributed by atoms with Crippen LogP contribution >= 0.6 is 11.3 Å². The molecule has 1 amide bonds. The minimum absolute atomic E-state index is 0.0207.